The highest BCUT2D eigenvalue weighted by atomic mass is 35.5. The Labute approximate surface area is 152 Å². The SMILES string of the molecule is CC(C)OP(=O)(OC(C)C)C(Cl)(Cl)C(O)NC(=O)c1ccccc1. The molecule has 0 aromatic heterocycles. The number of benzene rings is 1. The van der Waals surface area contributed by atoms with Gasteiger partial charge in [0.1, 0.15) is 0 Å². The maximum atomic E-state index is 13.0. The average molecular weight is 398 g/mol. The quantitative estimate of drug-likeness (QED) is 0.394. The van der Waals surface area contributed by atoms with Gasteiger partial charge in [0.25, 0.3) is 9.98 Å². The maximum Gasteiger partial charge on any atom is 0.371 e. The van der Waals surface area contributed by atoms with E-state index in [1.165, 1.54) is 0 Å². The van der Waals surface area contributed by atoms with E-state index in [9.17, 15) is 14.5 Å². The van der Waals surface area contributed by atoms with Gasteiger partial charge in [0, 0.05) is 5.56 Å². The number of hydrogen-bond donors (Lipinski definition) is 2. The molecule has 0 bridgehead atoms. The van der Waals surface area contributed by atoms with E-state index < -0.39 is 36.0 Å². The predicted octanol–water partition coefficient (Wildman–Crippen LogP) is 3.91. The second-order valence-corrected chi connectivity index (χ2v) is 9.67. The van der Waals surface area contributed by atoms with Gasteiger partial charge in [-0.1, -0.05) is 41.4 Å². The van der Waals surface area contributed by atoms with E-state index in [4.69, 9.17) is 32.2 Å². The monoisotopic (exact) mass is 397 g/mol. The minimum Gasteiger partial charge on any atom is -0.370 e. The molecule has 0 spiro atoms. The second kappa shape index (κ2) is 8.65. The topological polar surface area (TPSA) is 84.9 Å². The molecule has 0 aliphatic rings. The zero-order chi connectivity index (χ0) is 18.5. The standard InChI is InChI=1S/C15H22Cl2NO5P/c1-10(2)22-24(21,23-11(3)4)15(16,17)14(20)18-13(19)12-8-6-5-7-9-12/h5-11,14,20H,1-4H3,(H,18,19). The largest absolute Gasteiger partial charge is 0.371 e. The summed E-state index contributed by atoms with van der Waals surface area (Å²) in [7, 11) is -4.17. The lowest BCUT2D eigenvalue weighted by molar-refractivity contribution is 0.0731. The summed E-state index contributed by atoms with van der Waals surface area (Å²) in [6, 6.07) is 8.14. The van der Waals surface area contributed by atoms with E-state index in [0.29, 0.717) is 0 Å². The number of aliphatic hydroxyl groups excluding tert-OH is 1. The first-order valence-corrected chi connectivity index (χ1v) is 9.68. The van der Waals surface area contributed by atoms with Crippen LogP contribution in [-0.4, -0.2) is 33.5 Å². The maximum absolute atomic E-state index is 13.0. The lowest BCUT2D eigenvalue weighted by Crippen LogP contribution is -2.47. The van der Waals surface area contributed by atoms with E-state index in [0.717, 1.165) is 0 Å². The number of amides is 1. The van der Waals surface area contributed by atoms with E-state index in [1.807, 2.05) is 0 Å². The first kappa shape index (κ1) is 21.4. The van der Waals surface area contributed by atoms with Crippen LogP contribution in [0.2, 0.25) is 0 Å². The Morgan fingerprint density at radius 1 is 1.12 bits per heavy atom. The Bertz CT molecular complexity index is 581. The third-order valence-corrected chi connectivity index (χ3v) is 6.73. The molecule has 24 heavy (non-hydrogen) atoms. The van der Waals surface area contributed by atoms with Crippen molar-refractivity contribution >= 4 is 36.7 Å². The molecule has 0 aliphatic heterocycles. The molecule has 9 heteroatoms. The summed E-state index contributed by atoms with van der Waals surface area (Å²) in [5.74, 6) is -0.630. The van der Waals surface area contributed by atoms with Crippen molar-refractivity contribution in [3.05, 3.63) is 35.9 Å². The van der Waals surface area contributed by atoms with Crippen molar-refractivity contribution in [2.24, 2.45) is 0 Å². The summed E-state index contributed by atoms with van der Waals surface area (Å²) in [5.41, 5.74) is 0.282. The second-order valence-electron chi connectivity index (χ2n) is 5.64. The molecule has 0 fully saturated rings. The van der Waals surface area contributed by atoms with Crippen molar-refractivity contribution in [3.63, 3.8) is 0 Å². The summed E-state index contributed by atoms with van der Waals surface area (Å²) in [6.07, 6.45) is -2.93. The fraction of sp³-hybridized carbons (Fsp3) is 0.533. The normalized spacial score (nSPS) is 14.0. The molecule has 0 saturated carbocycles. The van der Waals surface area contributed by atoms with Crippen molar-refractivity contribution in [1.82, 2.24) is 5.32 Å². The number of carbonyl (C=O) groups is 1. The smallest absolute Gasteiger partial charge is 0.370 e. The minimum absolute atomic E-state index is 0.282. The van der Waals surface area contributed by atoms with Crippen LogP contribution < -0.4 is 5.32 Å². The van der Waals surface area contributed by atoms with Gasteiger partial charge in [-0.25, -0.2) is 0 Å². The number of aliphatic hydroxyl groups is 1. The van der Waals surface area contributed by atoms with Crippen molar-refractivity contribution in [2.45, 2.75) is 50.2 Å². The van der Waals surface area contributed by atoms with Gasteiger partial charge in [0.05, 0.1) is 12.2 Å². The van der Waals surface area contributed by atoms with Gasteiger partial charge in [-0.15, -0.1) is 0 Å². The summed E-state index contributed by atoms with van der Waals surface area (Å²) in [4.78, 5) is 12.1. The molecule has 1 amide bonds. The number of nitrogens with one attached hydrogen (secondary N) is 1. The lowest BCUT2D eigenvalue weighted by atomic mass is 10.2. The Balaban J connectivity index is 3.00. The third-order valence-electron chi connectivity index (χ3n) is 2.70. The Kier molecular flexibility index (Phi) is 7.73. The highest BCUT2D eigenvalue weighted by Gasteiger charge is 2.56. The van der Waals surface area contributed by atoms with Crippen LogP contribution >= 0.6 is 30.8 Å². The molecule has 0 radical (unpaired) electrons. The molecular weight excluding hydrogens is 376 g/mol. The van der Waals surface area contributed by atoms with Crippen LogP contribution in [0.1, 0.15) is 38.1 Å². The molecule has 2 N–H and O–H groups in total. The first-order valence-electron chi connectivity index (χ1n) is 7.38. The van der Waals surface area contributed by atoms with Crippen molar-refractivity contribution in [3.8, 4) is 0 Å². The molecule has 6 nitrogen and oxygen atoms in total. The number of carbonyl (C=O) groups excluding carboxylic acids is 1. The molecular formula is C15H22Cl2NO5P. The van der Waals surface area contributed by atoms with Crippen molar-refractivity contribution in [2.75, 3.05) is 0 Å². The van der Waals surface area contributed by atoms with E-state index in [2.05, 4.69) is 5.32 Å². The van der Waals surface area contributed by atoms with Crippen LogP contribution in [-0.2, 0) is 13.6 Å². The van der Waals surface area contributed by atoms with Crippen molar-refractivity contribution in [1.29, 1.82) is 0 Å². The number of rotatable bonds is 8. The van der Waals surface area contributed by atoms with Crippen LogP contribution in [0.4, 0.5) is 0 Å². The van der Waals surface area contributed by atoms with Gasteiger partial charge in [0.15, 0.2) is 6.23 Å². The molecule has 0 aliphatic carbocycles. The van der Waals surface area contributed by atoms with Crippen LogP contribution in [0.25, 0.3) is 0 Å². The highest BCUT2D eigenvalue weighted by molar-refractivity contribution is 7.60. The van der Waals surface area contributed by atoms with Gasteiger partial charge in [-0.3, -0.25) is 9.36 Å². The average Bonchev–Trinajstić information content (AvgIpc) is 2.46. The zero-order valence-corrected chi connectivity index (χ0v) is 16.3. The van der Waals surface area contributed by atoms with Crippen LogP contribution in [0.5, 0.6) is 0 Å². The molecule has 1 unspecified atom stereocenters. The molecule has 0 saturated heterocycles. The van der Waals surface area contributed by atoms with Gasteiger partial charge in [-0.05, 0) is 39.8 Å². The number of alkyl halides is 2. The van der Waals surface area contributed by atoms with Gasteiger partial charge in [-0.2, -0.15) is 0 Å². The fourth-order valence-electron chi connectivity index (χ4n) is 1.75. The Hall–Kier alpha value is -0.620. The lowest BCUT2D eigenvalue weighted by Gasteiger charge is -2.34. The van der Waals surface area contributed by atoms with Crippen molar-refractivity contribution < 1.29 is 23.5 Å². The summed E-state index contributed by atoms with van der Waals surface area (Å²) >= 11 is 12.2. The highest BCUT2D eigenvalue weighted by Crippen LogP contribution is 2.66. The molecule has 1 atom stereocenters. The van der Waals surface area contributed by atoms with Gasteiger partial charge >= 0.3 is 7.60 Å². The third kappa shape index (κ3) is 5.45. The zero-order valence-electron chi connectivity index (χ0n) is 13.9. The Morgan fingerprint density at radius 3 is 2.00 bits per heavy atom. The molecule has 136 valence electrons. The summed E-state index contributed by atoms with van der Waals surface area (Å²) < 4.78 is 21.2. The molecule has 0 heterocycles. The number of hydrogen-bond acceptors (Lipinski definition) is 5. The van der Waals surface area contributed by atoms with Gasteiger partial charge in [0.2, 0.25) is 0 Å². The van der Waals surface area contributed by atoms with Gasteiger partial charge < -0.3 is 19.5 Å². The van der Waals surface area contributed by atoms with Crippen LogP contribution in [0, 0.1) is 0 Å². The van der Waals surface area contributed by atoms with E-state index >= 15 is 0 Å². The van der Waals surface area contributed by atoms with E-state index in [-0.39, 0.29) is 5.56 Å². The molecule has 1 aromatic rings. The fourth-order valence-corrected chi connectivity index (χ4v) is 4.15. The number of halogens is 2. The summed E-state index contributed by atoms with van der Waals surface area (Å²) in [5, 5.41) is 12.5. The predicted molar refractivity (Wildman–Crippen MR) is 94.4 cm³/mol. The summed E-state index contributed by atoms with van der Waals surface area (Å²) in [6.45, 7) is 6.48. The van der Waals surface area contributed by atoms with E-state index in [1.54, 1.807) is 58.0 Å². The van der Waals surface area contributed by atoms with Crippen LogP contribution in [0.15, 0.2) is 30.3 Å². The molecule has 1 rings (SSSR count). The Morgan fingerprint density at radius 2 is 1.58 bits per heavy atom. The first-order chi connectivity index (χ1) is 11.0. The minimum atomic E-state index is -4.17. The molecule has 1 aromatic carbocycles. The van der Waals surface area contributed by atoms with Crippen LogP contribution in [0.3, 0.4) is 0 Å².